The molecule has 2 aliphatic heterocycles. The summed E-state index contributed by atoms with van der Waals surface area (Å²) in [7, 11) is 0. The molecular formula is C17H22N2O3S. The Hall–Kier alpha value is -1.53. The van der Waals surface area contributed by atoms with Crippen LogP contribution in [-0.2, 0) is 14.3 Å². The highest BCUT2D eigenvalue weighted by molar-refractivity contribution is 8.01. The van der Waals surface area contributed by atoms with E-state index in [1.165, 1.54) is 0 Å². The van der Waals surface area contributed by atoms with Gasteiger partial charge in [-0.2, -0.15) is 0 Å². The Bertz CT molecular complexity index is 601. The highest BCUT2D eigenvalue weighted by atomic mass is 32.2. The van der Waals surface area contributed by atoms with Crippen LogP contribution in [0.5, 0.6) is 0 Å². The lowest BCUT2D eigenvalue weighted by Crippen LogP contribution is -2.46. The highest BCUT2D eigenvalue weighted by Gasteiger charge is 2.40. The quantitative estimate of drug-likeness (QED) is 0.846. The van der Waals surface area contributed by atoms with Crippen molar-refractivity contribution in [2.24, 2.45) is 0 Å². The summed E-state index contributed by atoms with van der Waals surface area (Å²) in [5.74, 6) is 0.0529. The smallest absolute Gasteiger partial charge is 0.242 e. The van der Waals surface area contributed by atoms with Crippen LogP contribution >= 0.6 is 11.8 Å². The Morgan fingerprint density at radius 2 is 2.09 bits per heavy atom. The Morgan fingerprint density at radius 3 is 2.78 bits per heavy atom. The summed E-state index contributed by atoms with van der Waals surface area (Å²) in [6.07, 6.45) is 0. The maximum atomic E-state index is 12.5. The Morgan fingerprint density at radius 1 is 1.35 bits per heavy atom. The predicted molar refractivity (Wildman–Crippen MR) is 90.1 cm³/mol. The predicted octanol–water partition coefficient (Wildman–Crippen LogP) is 1.82. The standard InChI is InChI=1S/C17H22N2O3S/c1-12-4-3-5-14(10-12)17-19(16(21)13(2)23-17)11-15(20)18-6-8-22-9-7-18/h3-5,10,13,17H,6-9,11H2,1-2H3/t13-,17+/m1/s1. The summed E-state index contributed by atoms with van der Waals surface area (Å²) < 4.78 is 5.28. The monoisotopic (exact) mass is 334 g/mol. The SMILES string of the molecule is Cc1cccc([C@@H]2S[C@H](C)C(=O)N2CC(=O)N2CCOCC2)c1. The average Bonchev–Trinajstić information content (AvgIpc) is 2.84. The van der Waals surface area contributed by atoms with Crippen LogP contribution in [0, 0.1) is 6.92 Å². The van der Waals surface area contributed by atoms with Gasteiger partial charge in [-0.1, -0.05) is 29.8 Å². The van der Waals surface area contributed by atoms with Crippen molar-refractivity contribution in [3.05, 3.63) is 35.4 Å². The van der Waals surface area contributed by atoms with Gasteiger partial charge in [0.1, 0.15) is 11.9 Å². The Kier molecular flexibility index (Phi) is 4.92. The summed E-state index contributed by atoms with van der Waals surface area (Å²) in [6, 6.07) is 8.16. The topological polar surface area (TPSA) is 49.9 Å². The Balaban J connectivity index is 1.76. The summed E-state index contributed by atoms with van der Waals surface area (Å²) in [6.45, 7) is 6.47. The molecule has 0 bridgehead atoms. The molecule has 0 aromatic heterocycles. The minimum absolute atomic E-state index is 0.00834. The van der Waals surface area contributed by atoms with E-state index in [0.29, 0.717) is 26.3 Å². The molecule has 0 N–H and O–H groups in total. The molecule has 2 fully saturated rings. The minimum Gasteiger partial charge on any atom is -0.378 e. The molecule has 2 saturated heterocycles. The molecule has 6 heteroatoms. The van der Waals surface area contributed by atoms with E-state index in [-0.39, 0.29) is 29.0 Å². The largest absolute Gasteiger partial charge is 0.378 e. The van der Waals surface area contributed by atoms with Crippen LogP contribution in [0.1, 0.15) is 23.4 Å². The third-order valence-electron chi connectivity index (χ3n) is 4.24. The van der Waals surface area contributed by atoms with E-state index in [2.05, 4.69) is 6.07 Å². The van der Waals surface area contributed by atoms with Crippen LogP contribution in [-0.4, -0.2) is 59.7 Å². The van der Waals surface area contributed by atoms with Gasteiger partial charge >= 0.3 is 0 Å². The maximum Gasteiger partial charge on any atom is 0.242 e. The number of carbonyl (C=O) groups is 2. The molecule has 0 radical (unpaired) electrons. The van der Waals surface area contributed by atoms with Gasteiger partial charge in [0.25, 0.3) is 0 Å². The van der Waals surface area contributed by atoms with E-state index in [1.54, 1.807) is 21.6 Å². The normalized spacial score (nSPS) is 25.0. The lowest BCUT2D eigenvalue weighted by Gasteiger charge is -2.30. The van der Waals surface area contributed by atoms with Gasteiger partial charge in [-0.3, -0.25) is 9.59 Å². The fraction of sp³-hybridized carbons (Fsp3) is 0.529. The molecule has 5 nitrogen and oxygen atoms in total. The number of benzene rings is 1. The van der Waals surface area contributed by atoms with Crippen molar-refractivity contribution in [2.45, 2.75) is 24.5 Å². The van der Waals surface area contributed by atoms with Gasteiger partial charge < -0.3 is 14.5 Å². The number of hydrogen-bond acceptors (Lipinski definition) is 4. The molecule has 1 aromatic rings. The average molecular weight is 334 g/mol. The Labute approximate surface area is 141 Å². The van der Waals surface area contributed by atoms with E-state index in [4.69, 9.17) is 4.74 Å². The molecule has 0 unspecified atom stereocenters. The molecular weight excluding hydrogens is 312 g/mol. The number of amides is 2. The molecule has 2 amide bonds. The molecule has 124 valence electrons. The molecule has 1 aromatic carbocycles. The second-order valence-electron chi connectivity index (χ2n) is 6.00. The van der Waals surface area contributed by atoms with Crippen LogP contribution in [0.2, 0.25) is 0 Å². The van der Waals surface area contributed by atoms with Crippen LogP contribution in [0.3, 0.4) is 0 Å². The van der Waals surface area contributed by atoms with Gasteiger partial charge in [-0.15, -0.1) is 11.8 Å². The zero-order valence-corrected chi connectivity index (χ0v) is 14.3. The van der Waals surface area contributed by atoms with Crippen molar-refractivity contribution >= 4 is 23.6 Å². The molecule has 0 aliphatic carbocycles. The maximum absolute atomic E-state index is 12.5. The van der Waals surface area contributed by atoms with Crippen molar-refractivity contribution in [1.82, 2.24) is 9.80 Å². The zero-order valence-electron chi connectivity index (χ0n) is 13.5. The van der Waals surface area contributed by atoms with Crippen LogP contribution < -0.4 is 0 Å². The summed E-state index contributed by atoms with van der Waals surface area (Å²) >= 11 is 1.61. The fourth-order valence-corrected chi connectivity index (χ4v) is 4.24. The molecule has 3 rings (SSSR count). The van der Waals surface area contributed by atoms with Crippen molar-refractivity contribution in [3.8, 4) is 0 Å². The lowest BCUT2D eigenvalue weighted by molar-refractivity contribution is -0.142. The number of rotatable bonds is 3. The van der Waals surface area contributed by atoms with E-state index >= 15 is 0 Å². The first-order valence-electron chi connectivity index (χ1n) is 7.94. The van der Waals surface area contributed by atoms with Crippen LogP contribution in [0.15, 0.2) is 24.3 Å². The van der Waals surface area contributed by atoms with E-state index in [9.17, 15) is 9.59 Å². The van der Waals surface area contributed by atoms with E-state index < -0.39 is 0 Å². The number of morpholine rings is 1. The minimum atomic E-state index is -0.113. The van der Waals surface area contributed by atoms with Crippen molar-refractivity contribution in [2.75, 3.05) is 32.8 Å². The van der Waals surface area contributed by atoms with E-state index in [1.807, 2.05) is 32.0 Å². The van der Waals surface area contributed by atoms with Crippen molar-refractivity contribution < 1.29 is 14.3 Å². The molecule has 2 heterocycles. The van der Waals surface area contributed by atoms with E-state index in [0.717, 1.165) is 11.1 Å². The molecule has 0 spiro atoms. The van der Waals surface area contributed by atoms with Gasteiger partial charge in [-0.25, -0.2) is 0 Å². The molecule has 0 saturated carbocycles. The number of nitrogens with zero attached hydrogens (tertiary/aromatic N) is 2. The van der Waals surface area contributed by atoms with Crippen molar-refractivity contribution in [3.63, 3.8) is 0 Å². The number of ether oxygens (including phenoxy) is 1. The number of hydrogen-bond donors (Lipinski definition) is 0. The van der Waals surface area contributed by atoms with Gasteiger partial charge in [-0.05, 0) is 19.4 Å². The van der Waals surface area contributed by atoms with Gasteiger partial charge in [0, 0.05) is 13.1 Å². The number of thioether (sulfide) groups is 1. The second kappa shape index (κ2) is 6.93. The highest BCUT2D eigenvalue weighted by Crippen LogP contribution is 2.42. The zero-order chi connectivity index (χ0) is 16.4. The number of carbonyl (C=O) groups excluding carboxylic acids is 2. The molecule has 23 heavy (non-hydrogen) atoms. The first-order valence-corrected chi connectivity index (χ1v) is 8.88. The van der Waals surface area contributed by atoms with Gasteiger partial charge in [0.2, 0.25) is 11.8 Å². The summed E-state index contributed by atoms with van der Waals surface area (Å²) in [5.41, 5.74) is 2.25. The first kappa shape index (κ1) is 16.3. The first-order chi connectivity index (χ1) is 11.1. The fourth-order valence-electron chi connectivity index (χ4n) is 2.98. The summed E-state index contributed by atoms with van der Waals surface area (Å²) in [5, 5.41) is -0.194. The molecule has 2 aliphatic rings. The van der Waals surface area contributed by atoms with Gasteiger partial charge in [0.05, 0.1) is 18.5 Å². The number of aryl methyl sites for hydroxylation is 1. The second-order valence-corrected chi connectivity index (χ2v) is 7.43. The summed E-state index contributed by atoms with van der Waals surface area (Å²) in [4.78, 5) is 28.5. The van der Waals surface area contributed by atoms with Crippen molar-refractivity contribution in [1.29, 1.82) is 0 Å². The van der Waals surface area contributed by atoms with Gasteiger partial charge in [0.15, 0.2) is 0 Å². The lowest BCUT2D eigenvalue weighted by atomic mass is 10.1. The third kappa shape index (κ3) is 3.53. The van der Waals surface area contributed by atoms with Crippen LogP contribution in [0.4, 0.5) is 0 Å². The molecule has 2 atom stereocenters. The third-order valence-corrected chi connectivity index (χ3v) is 5.64. The van der Waals surface area contributed by atoms with Crippen LogP contribution in [0.25, 0.3) is 0 Å².